The first kappa shape index (κ1) is 18.5. The van der Waals surface area contributed by atoms with Crippen molar-refractivity contribution in [1.29, 1.82) is 0 Å². The van der Waals surface area contributed by atoms with Crippen LogP contribution in [0.15, 0.2) is 54.6 Å². The van der Waals surface area contributed by atoms with E-state index in [-0.39, 0.29) is 11.9 Å². The number of ether oxygens (including phenoxy) is 1. The van der Waals surface area contributed by atoms with Gasteiger partial charge in [0.1, 0.15) is 5.75 Å². The van der Waals surface area contributed by atoms with E-state index in [2.05, 4.69) is 5.32 Å². The number of hydrogen-bond acceptors (Lipinski definition) is 3. The molecule has 1 fully saturated rings. The lowest BCUT2D eigenvalue weighted by atomic mass is 10.0. The molecule has 1 N–H and O–H groups in total. The maximum atomic E-state index is 13.2. The molecule has 4 rings (SSSR count). The highest BCUT2D eigenvalue weighted by molar-refractivity contribution is 6.07. The van der Waals surface area contributed by atoms with Gasteiger partial charge >= 0.3 is 0 Å². The van der Waals surface area contributed by atoms with E-state index in [0.29, 0.717) is 5.56 Å². The lowest BCUT2D eigenvalue weighted by Gasteiger charge is -2.17. The number of rotatable bonds is 4. The van der Waals surface area contributed by atoms with Crippen LogP contribution in [0.1, 0.15) is 48.9 Å². The van der Waals surface area contributed by atoms with Gasteiger partial charge in [0.15, 0.2) is 0 Å². The van der Waals surface area contributed by atoms with Crippen molar-refractivity contribution in [3.05, 3.63) is 60.2 Å². The molecule has 0 aliphatic heterocycles. The summed E-state index contributed by atoms with van der Waals surface area (Å²) in [7, 11) is 1.65. The van der Waals surface area contributed by atoms with E-state index in [1.165, 1.54) is 25.7 Å². The summed E-state index contributed by atoms with van der Waals surface area (Å²) < 4.78 is 5.35. The summed E-state index contributed by atoms with van der Waals surface area (Å²) in [6.07, 6.45) is 7.05. The Morgan fingerprint density at radius 1 is 1.00 bits per heavy atom. The smallest absolute Gasteiger partial charge is 0.252 e. The molecule has 1 aliphatic carbocycles. The van der Waals surface area contributed by atoms with Gasteiger partial charge in [-0.2, -0.15) is 0 Å². The molecule has 28 heavy (non-hydrogen) atoms. The van der Waals surface area contributed by atoms with Gasteiger partial charge in [-0.25, -0.2) is 4.98 Å². The Labute approximate surface area is 165 Å². The molecule has 0 atom stereocenters. The standard InChI is InChI=1S/C24H26N2O2/c1-28-19-12-8-9-17(15-19)23-16-21(20-13-6-7-14-22(20)26-23)24(27)25-18-10-4-2-3-5-11-18/h6-9,12-16,18H,2-5,10-11H2,1H3,(H,25,27). The fraction of sp³-hybridized carbons (Fsp3) is 0.333. The quantitative estimate of drug-likeness (QED) is 0.625. The van der Waals surface area contributed by atoms with Crippen LogP contribution in [0.2, 0.25) is 0 Å². The third-order valence-corrected chi connectivity index (χ3v) is 5.52. The fourth-order valence-corrected chi connectivity index (χ4v) is 3.98. The fourth-order valence-electron chi connectivity index (χ4n) is 3.98. The molecule has 1 aromatic heterocycles. The van der Waals surface area contributed by atoms with E-state index in [4.69, 9.17) is 9.72 Å². The molecule has 3 aromatic rings. The maximum absolute atomic E-state index is 13.2. The largest absolute Gasteiger partial charge is 0.497 e. The van der Waals surface area contributed by atoms with E-state index in [0.717, 1.165) is 40.8 Å². The summed E-state index contributed by atoms with van der Waals surface area (Å²) in [5, 5.41) is 4.17. The van der Waals surface area contributed by atoms with Gasteiger partial charge in [-0.1, -0.05) is 56.0 Å². The first-order chi connectivity index (χ1) is 13.7. The molecule has 0 unspecified atom stereocenters. The average Bonchev–Trinajstić information content (AvgIpc) is 3.01. The Hall–Kier alpha value is -2.88. The number of para-hydroxylation sites is 1. The second-order valence-corrected chi connectivity index (χ2v) is 7.47. The van der Waals surface area contributed by atoms with E-state index < -0.39 is 0 Å². The van der Waals surface area contributed by atoms with Crippen molar-refractivity contribution in [2.45, 2.75) is 44.6 Å². The molecule has 0 saturated heterocycles. The first-order valence-electron chi connectivity index (χ1n) is 10.1. The minimum Gasteiger partial charge on any atom is -0.497 e. The summed E-state index contributed by atoms with van der Waals surface area (Å²) in [6.45, 7) is 0. The second kappa shape index (κ2) is 8.42. The van der Waals surface area contributed by atoms with E-state index in [1.807, 2.05) is 54.6 Å². The lowest BCUT2D eigenvalue weighted by molar-refractivity contribution is 0.0935. The third kappa shape index (κ3) is 4.01. The number of carbonyl (C=O) groups is 1. The Morgan fingerprint density at radius 3 is 2.57 bits per heavy atom. The van der Waals surface area contributed by atoms with Crippen LogP contribution in [0.4, 0.5) is 0 Å². The van der Waals surface area contributed by atoms with Crippen molar-refractivity contribution in [2.24, 2.45) is 0 Å². The molecule has 1 amide bonds. The molecule has 0 spiro atoms. The van der Waals surface area contributed by atoms with Crippen molar-refractivity contribution in [2.75, 3.05) is 7.11 Å². The zero-order valence-electron chi connectivity index (χ0n) is 16.3. The van der Waals surface area contributed by atoms with Gasteiger partial charge in [-0.15, -0.1) is 0 Å². The van der Waals surface area contributed by atoms with Gasteiger partial charge < -0.3 is 10.1 Å². The molecule has 1 saturated carbocycles. The first-order valence-corrected chi connectivity index (χ1v) is 10.1. The molecular weight excluding hydrogens is 348 g/mol. The molecule has 144 valence electrons. The summed E-state index contributed by atoms with van der Waals surface area (Å²) >= 11 is 0. The zero-order valence-corrected chi connectivity index (χ0v) is 16.3. The number of aromatic nitrogens is 1. The van der Waals surface area contributed by atoms with Crippen LogP contribution in [-0.4, -0.2) is 24.0 Å². The van der Waals surface area contributed by atoms with Crippen molar-refractivity contribution < 1.29 is 9.53 Å². The van der Waals surface area contributed by atoms with Crippen LogP contribution in [0.3, 0.4) is 0 Å². The Kier molecular flexibility index (Phi) is 5.56. The molecule has 4 heteroatoms. The normalized spacial score (nSPS) is 15.2. The van der Waals surface area contributed by atoms with Gasteiger partial charge in [0, 0.05) is 17.0 Å². The number of fused-ring (bicyclic) bond motifs is 1. The minimum absolute atomic E-state index is 0.00496. The van der Waals surface area contributed by atoms with Crippen LogP contribution in [0, 0.1) is 0 Å². The number of carbonyl (C=O) groups excluding carboxylic acids is 1. The second-order valence-electron chi connectivity index (χ2n) is 7.47. The van der Waals surface area contributed by atoms with Gasteiger partial charge in [-0.3, -0.25) is 4.79 Å². The number of benzene rings is 2. The van der Waals surface area contributed by atoms with Gasteiger partial charge in [0.05, 0.1) is 23.9 Å². The van der Waals surface area contributed by atoms with E-state index >= 15 is 0 Å². The van der Waals surface area contributed by atoms with Gasteiger partial charge in [0.2, 0.25) is 0 Å². The Morgan fingerprint density at radius 2 is 1.79 bits per heavy atom. The van der Waals surface area contributed by atoms with Crippen molar-refractivity contribution >= 4 is 16.8 Å². The number of hydrogen-bond donors (Lipinski definition) is 1. The van der Waals surface area contributed by atoms with Crippen LogP contribution in [-0.2, 0) is 0 Å². The van der Waals surface area contributed by atoms with Crippen LogP contribution in [0.5, 0.6) is 5.75 Å². The molecule has 4 nitrogen and oxygen atoms in total. The van der Waals surface area contributed by atoms with E-state index in [9.17, 15) is 4.79 Å². The monoisotopic (exact) mass is 374 g/mol. The molecule has 0 bridgehead atoms. The summed E-state index contributed by atoms with van der Waals surface area (Å²) in [5.41, 5.74) is 3.23. The molecule has 1 heterocycles. The minimum atomic E-state index is -0.00496. The summed E-state index contributed by atoms with van der Waals surface area (Å²) in [6, 6.07) is 17.8. The van der Waals surface area contributed by atoms with Crippen molar-refractivity contribution in [3.63, 3.8) is 0 Å². The lowest BCUT2D eigenvalue weighted by Crippen LogP contribution is -2.34. The highest BCUT2D eigenvalue weighted by Crippen LogP contribution is 2.27. The Bertz CT molecular complexity index is 975. The number of nitrogens with zero attached hydrogens (tertiary/aromatic N) is 1. The van der Waals surface area contributed by atoms with E-state index in [1.54, 1.807) is 7.11 Å². The molecule has 1 aliphatic rings. The summed E-state index contributed by atoms with van der Waals surface area (Å²) in [4.78, 5) is 18.0. The summed E-state index contributed by atoms with van der Waals surface area (Å²) in [5.74, 6) is 0.770. The Balaban J connectivity index is 1.72. The number of amides is 1. The molecule has 0 radical (unpaired) electrons. The average molecular weight is 374 g/mol. The number of nitrogens with one attached hydrogen (secondary N) is 1. The topological polar surface area (TPSA) is 51.2 Å². The van der Waals surface area contributed by atoms with Crippen molar-refractivity contribution in [1.82, 2.24) is 10.3 Å². The van der Waals surface area contributed by atoms with Crippen LogP contribution < -0.4 is 10.1 Å². The predicted molar refractivity (Wildman–Crippen MR) is 113 cm³/mol. The van der Waals surface area contributed by atoms with Crippen LogP contribution in [0.25, 0.3) is 22.2 Å². The predicted octanol–water partition coefficient (Wildman–Crippen LogP) is 5.36. The highest BCUT2D eigenvalue weighted by atomic mass is 16.5. The van der Waals surface area contributed by atoms with Gasteiger partial charge in [0.25, 0.3) is 5.91 Å². The maximum Gasteiger partial charge on any atom is 0.252 e. The number of pyridine rings is 1. The SMILES string of the molecule is COc1cccc(-c2cc(C(=O)NC3CCCCCC3)c3ccccc3n2)c1. The third-order valence-electron chi connectivity index (χ3n) is 5.52. The van der Waals surface area contributed by atoms with Crippen molar-refractivity contribution in [3.8, 4) is 17.0 Å². The molecule has 2 aromatic carbocycles. The zero-order chi connectivity index (χ0) is 19.3. The van der Waals surface area contributed by atoms with Gasteiger partial charge in [-0.05, 0) is 37.1 Å². The number of methoxy groups -OCH3 is 1. The highest BCUT2D eigenvalue weighted by Gasteiger charge is 2.19. The van der Waals surface area contributed by atoms with Crippen LogP contribution >= 0.6 is 0 Å². The molecular formula is C24H26N2O2.